The van der Waals surface area contributed by atoms with E-state index in [0.717, 1.165) is 18.4 Å². The first kappa shape index (κ1) is 20.9. The number of ether oxygens (including phenoxy) is 2. The van der Waals surface area contributed by atoms with Gasteiger partial charge in [0.25, 0.3) is 0 Å². The van der Waals surface area contributed by atoms with Gasteiger partial charge in [0.15, 0.2) is 0 Å². The molecule has 0 aliphatic carbocycles. The molecule has 1 aliphatic rings. The zero-order valence-electron chi connectivity index (χ0n) is 16.4. The van der Waals surface area contributed by atoms with Gasteiger partial charge in [-0.3, -0.25) is 14.4 Å². The van der Waals surface area contributed by atoms with Crippen LogP contribution in [0.3, 0.4) is 0 Å². The van der Waals surface area contributed by atoms with Gasteiger partial charge in [-0.2, -0.15) is 0 Å². The van der Waals surface area contributed by atoms with E-state index >= 15 is 0 Å². The Morgan fingerprint density at radius 3 is 2.48 bits per heavy atom. The van der Waals surface area contributed by atoms with Crippen molar-refractivity contribution in [3.8, 4) is 0 Å². The van der Waals surface area contributed by atoms with Crippen molar-refractivity contribution in [2.45, 2.75) is 58.7 Å². The fourth-order valence-electron chi connectivity index (χ4n) is 3.06. The van der Waals surface area contributed by atoms with Crippen molar-refractivity contribution in [3.63, 3.8) is 0 Å². The Morgan fingerprint density at radius 2 is 1.81 bits per heavy atom. The third kappa shape index (κ3) is 7.41. The Kier molecular flexibility index (Phi) is 7.39. The van der Waals surface area contributed by atoms with Gasteiger partial charge in [0.05, 0.1) is 6.42 Å². The Morgan fingerprint density at radius 1 is 1.11 bits per heavy atom. The first-order valence-corrected chi connectivity index (χ1v) is 9.45. The first-order valence-electron chi connectivity index (χ1n) is 9.45. The van der Waals surface area contributed by atoms with Gasteiger partial charge in [-0.1, -0.05) is 36.8 Å². The summed E-state index contributed by atoms with van der Waals surface area (Å²) >= 11 is 0. The molecule has 0 aromatic heterocycles. The van der Waals surface area contributed by atoms with E-state index in [1.807, 2.05) is 30.3 Å². The van der Waals surface area contributed by atoms with Crippen molar-refractivity contribution in [3.05, 3.63) is 35.9 Å². The van der Waals surface area contributed by atoms with Crippen LogP contribution in [0.25, 0.3) is 0 Å². The Hall–Kier alpha value is -2.37. The summed E-state index contributed by atoms with van der Waals surface area (Å²) in [6.45, 7) is 6.00. The summed E-state index contributed by atoms with van der Waals surface area (Å²) in [5.41, 5.74) is 0.321. The van der Waals surface area contributed by atoms with E-state index in [1.54, 1.807) is 20.8 Å². The van der Waals surface area contributed by atoms with Gasteiger partial charge < -0.3 is 14.4 Å². The van der Waals surface area contributed by atoms with Gasteiger partial charge in [0.2, 0.25) is 5.91 Å². The largest absolute Gasteiger partial charge is 0.460 e. The summed E-state index contributed by atoms with van der Waals surface area (Å²) < 4.78 is 10.6. The first-order chi connectivity index (χ1) is 12.7. The summed E-state index contributed by atoms with van der Waals surface area (Å²) in [5, 5.41) is 0. The van der Waals surface area contributed by atoms with Gasteiger partial charge in [-0.05, 0) is 39.2 Å². The molecule has 1 atom stereocenters. The van der Waals surface area contributed by atoms with Crippen LogP contribution in [-0.2, 0) is 30.5 Å². The maximum atomic E-state index is 12.8. The molecule has 1 aromatic rings. The maximum absolute atomic E-state index is 12.8. The molecule has 1 heterocycles. The number of esters is 2. The lowest BCUT2D eigenvalue weighted by molar-refractivity contribution is -0.159. The molecule has 1 amide bonds. The number of hydrogen-bond donors (Lipinski definition) is 0. The zero-order valence-corrected chi connectivity index (χ0v) is 16.4. The molecule has 0 radical (unpaired) electrons. The van der Waals surface area contributed by atoms with Crippen LogP contribution in [0.4, 0.5) is 0 Å². The van der Waals surface area contributed by atoms with Gasteiger partial charge in [0.1, 0.15) is 18.8 Å². The molecule has 148 valence electrons. The number of hydrogen-bond acceptors (Lipinski definition) is 5. The van der Waals surface area contributed by atoms with Crippen molar-refractivity contribution in [2.75, 3.05) is 13.1 Å². The van der Waals surface area contributed by atoms with Gasteiger partial charge >= 0.3 is 11.9 Å². The van der Waals surface area contributed by atoms with E-state index < -0.39 is 17.5 Å². The number of carbonyl (C=O) groups excluding carboxylic acids is 3. The lowest BCUT2D eigenvalue weighted by Gasteiger charge is -2.25. The molecule has 27 heavy (non-hydrogen) atoms. The Labute approximate surface area is 160 Å². The molecule has 1 aromatic carbocycles. The predicted octanol–water partition coefficient (Wildman–Crippen LogP) is 3.09. The Balaban J connectivity index is 1.88. The highest BCUT2D eigenvalue weighted by Gasteiger charge is 2.31. The molecule has 0 bridgehead atoms. The van der Waals surface area contributed by atoms with E-state index in [1.165, 1.54) is 4.90 Å². The molecule has 1 aliphatic heterocycles. The summed E-state index contributed by atoms with van der Waals surface area (Å²) in [6.07, 6.45) is 2.33. The third-order valence-electron chi connectivity index (χ3n) is 4.29. The van der Waals surface area contributed by atoms with E-state index in [2.05, 4.69) is 0 Å². The zero-order chi connectivity index (χ0) is 19.9. The van der Waals surface area contributed by atoms with Crippen LogP contribution >= 0.6 is 0 Å². The molecule has 6 nitrogen and oxygen atoms in total. The molecule has 0 saturated carbocycles. The van der Waals surface area contributed by atoms with E-state index in [9.17, 15) is 14.4 Å². The molecule has 2 rings (SSSR count). The molecule has 6 heteroatoms. The van der Waals surface area contributed by atoms with Crippen LogP contribution in [0.15, 0.2) is 30.3 Å². The minimum atomic E-state index is -0.578. The van der Waals surface area contributed by atoms with Crippen LogP contribution in [0.5, 0.6) is 0 Å². The van der Waals surface area contributed by atoms with Crippen molar-refractivity contribution >= 4 is 17.8 Å². The fourth-order valence-corrected chi connectivity index (χ4v) is 3.06. The van der Waals surface area contributed by atoms with Crippen molar-refractivity contribution < 1.29 is 23.9 Å². The summed E-state index contributed by atoms with van der Waals surface area (Å²) in [7, 11) is 0. The second kappa shape index (κ2) is 9.53. The fraction of sp³-hybridized carbons (Fsp3) is 0.571. The smallest absolute Gasteiger partial charge is 0.325 e. The van der Waals surface area contributed by atoms with Gasteiger partial charge in [-0.15, -0.1) is 0 Å². The highest BCUT2D eigenvalue weighted by atomic mass is 16.6. The van der Waals surface area contributed by atoms with Crippen LogP contribution < -0.4 is 0 Å². The van der Waals surface area contributed by atoms with Crippen molar-refractivity contribution in [1.82, 2.24) is 4.90 Å². The van der Waals surface area contributed by atoms with Gasteiger partial charge in [0, 0.05) is 12.5 Å². The van der Waals surface area contributed by atoms with Crippen molar-refractivity contribution in [1.29, 1.82) is 0 Å². The topological polar surface area (TPSA) is 72.9 Å². The standard InChI is InChI=1S/C21H29NO5/c1-21(2,3)27-18(23)13-17-11-7-8-12-22(20(17)25)14-19(24)26-15-16-9-5-4-6-10-16/h4-6,9-10,17H,7-8,11-15H2,1-3H3/t17-/m1/s1. The normalized spacial score (nSPS) is 18.0. The number of benzene rings is 1. The van der Waals surface area contributed by atoms with Crippen molar-refractivity contribution in [2.24, 2.45) is 5.92 Å². The molecular weight excluding hydrogens is 346 g/mol. The highest BCUT2D eigenvalue weighted by molar-refractivity contribution is 5.87. The summed E-state index contributed by atoms with van der Waals surface area (Å²) in [6, 6.07) is 9.40. The third-order valence-corrected chi connectivity index (χ3v) is 4.29. The molecule has 1 fully saturated rings. The van der Waals surface area contributed by atoms with E-state index in [4.69, 9.17) is 9.47 Å². The lowest BCUT2D eigenvalue weighted by Crippen LogP contribution is -2.40. The van der Waals surface area contributed by atoms with Crippen LogP contribution in [0.1, 0.15) is 52.0 Å². The maximum Gasteiger partial charge on any atom is 0.325 e. The molecule has 0 spiro atoms. The average Bonchev–Trinajstić information content (AvgIpc) is 2.75. The van der Waals surface area contributed by atoms with Crippen LogP contribution in [0.2, 0.25) is 0 Å². The van der Waals surface area contributed by atoms with Crippen LogP contribution in [0, 0.1) is 5.92 Å². The molecular formula is C21H29NO5. The summed E-state index contributed by atoms with van der Waals surface area (Å²) in [5.74, 6) is -1.43. The number of likely N-dealkylation sites (tertiary alicyclic amines) is 1. The second-order valence-electron chi connectivity index (χ2n) is 7.89. The van der Waals surface area contributed by atoms with E-state index in [-0.39, 0.29) is 31.4 Å². The minimum Gasteiger partial charge on any atom is -0.460 e. The van der Waals surface area contributed by atoms with Crippen LogP contribution in [-0.4, -0.2) is 41.4 Å². The number of nitrogens with zero attached hydrogens (tertiary/aromatic N) is 1. The molecule has 0 unspecified atom stereocenters. The average molecular weight is 375 g/mol. The molecule has 0 N–H and O–H groups in total. The quantitative estimate of drug-likeness (QED) is 0.715. The van der Waals surface area contributed by atoms with Gasteiger partial charge in [-0.25, -0.2) is 0 Å². The molecule has 1 saturated heterocycles. The number of carbonyl (C=O) groups is 3. The summed E-state index contributed by atoms with van der Waals surface area (Å²) in [4.78, 5) is 38.5. The van der Waals surface area contributed by atoms with E-state index in [0.29, 0.717) is 13.0 Å². The predicted molar refractivity (Wildman–Crippen MR) is 101 cm³/mol. The lowest BCUT2D eigenvalue weighted by atomic mass is 9.98. The minimum absolute atomic E-state index is 0.0473. The SMILES string of the molecule is CC(C)(C)OC(=O)C[C@H]1CCCCN(CC(=O)OCc2ccccc2)C1=O. The number of amides is 1. The monoisotopic (exact) mass is 375 g/mol. The highest BCUT2D eigenvalue weighted by Crippen LogP contribution is 2.22. The second-order valence-corrected chi connectivity index (χ2v) is 7.89. The number of rotatable bonds is 6. The Bertz CT molecular complexity index is 650.